The largest absolute Gasteiger partial charge is 0.490 e. The zero-order valence-electron chi connectivity index (χ0n) is 15.2. The van der Waals surface area contributed by atoms with Crippen LogP contribution in [0, 0.1) is 0 Å². The van der Waals surface area contributed by atoms with E-state index in [-0.39, 0.29) is 12.5 Å². The van der Waals surface area contributed by atoms with E-state index in [1.54, 1.807) is 6.20 Å². The van der Waals surface area contributed by atoms with Gasteiger partial charge in [-0.1, -0.05) is 18.2 Å². The molecule has 0 amide bonds. The van der Waals surface area contributed by atoms with Crippen LogP contribution in [0.4, 0.5) is 0 Å². The first-order valence-corrected chi connectivity index (χ1v) is 9.54. The maximum Gasteiger partial charge on any atom is 0.303 e. The molecule has 0 atom stereocenters. The van der Waals surface area contributed by atoms with Crippen LogP contribution in [-0.4, -0.2) is 22.2 Å². The molecular formula is C23H23NO3. The number of carboxylic acids is 1. The maximum absolute atomic E-state index is 10.9. The lowest BCUT2D eigenvalue weighted by molar-refractivity contribution is -0.136. The summed E-state index contributed by atoms with van der Waals surface area (Å²) in [4.78, 5) is 15.1. The summed E-state index contributed by atoms with van der Waals surface area (Å²) in [7, 11) is 0. The summed E-state index contributed by atoms with van der Waals surface area (Å²) in [5.41, 5.74) is 3.13. The van der Waals surface area contributed by atoms with Crippen LogP contribution in [0.25, 0.3) is 21.9 Å². The molecular weight excluding hydrogens is 338 g/mol. The second-order valence-electron chi connectivity index (χ2n) is 7.19. The van der Waals surface area contributed by atoms with E-state index < -0.39 is 5.97 Å². The summed E-state index contributed by atoms with van der Waals surface area (Å²) in [5.74, 6) is 0.107. The highest BCUT2D eigenvalue weighted by atomic mass is 16.5. The fourth-order valence-electron chi connectivity index (χ4n) is 3.75. The Morgan fingerprint density at radius 1 is 1.07 bits per heavy atom. The number of aromatic nitrogens is 1. The Morgan fingerprint density at radius 3 is 2.74 bits per heavy atom. The van der Waals surface area contributed by atoms with Crippen LogP contribution in [0.1, 0.15) is 37.7 Å². The Kier molecular flexibility index (Phi) is 5.05. The van der Waals surface area contributed by atoms with Crippen molar-refractivity contribution in [3.63, 3.8) is 0 Å². The van der Waals surface area contributed by atoms with Crippen LogP contribution < -0.4 is 4.74 Å². The van der Waals surface area contributed by atoms with Crippen molar-refractivity contribution in [2.75, 3.05) is 0 Å². The van der Waals surface area contributed by atoms with Gasteiger partial charge in [-0.05, 0) is 72.9 Å². The van der Waals surface area contributed by atoms with E-state index in [0.717, 1.165) is 46.1 Å². The number of benzene rings is 2. The molecule has 1 aliphatic carbocycles. The number of carbonyl (C=O) groups is 1. The number of pyridine rings is 1. The van der Waals surface area contributed by atoms with E-state index in [0.29, 0.717) is 6.42 Å². The Balaban J connectivity index is 1.72. The van der Waals surface area contributed by atoms with Gasteiger partial charge < -0.3 is 9.84 Å². The Hall–Kier alpha value is -2.88. The van der Waals surface area contributed by atoms with Crippen molar-refractivity contribution in [3.05, 3.63) is 60.4 Å². The average Bonchev–Trinajstić information content (AvgIpc) is 3.20. The van der Waals surface area contributed by atoms with Gasteiger partial charge in [-0.2, -0.15) is 0 Å². The van der Waals surface area contributed by atoms with Crippen LogP contribution >= 0.6 is 0 Å². The van der Waals surface area contributed by atoms with Gasteiger partial charge in [0, 0.05) is 29.8 Å². The van der Waals surface area contributed by atoms with Crippen molar-refractivity contribution >= 4 is 16.7 Å². The Bertz CT molecular complexity index is 961. The molecule has 1 aliphatic rings. The molecule has 0 bridgehead atoms. The van der Waals surface area contributed by atoms with Gasteiger partial charge >= 0.3 is 5.97 Å². The van der Waals surface area contributed by atoms with Gasteiger partial charge in [0.1, 0.15) is 5.75 Å². The quantitative estimate of drug-likeness (QED) is 0.652. The highest BCUT2D eigenvalue weighted by molar-refractivity contribution is 5.87. The first-order chi connectivity index (χ1) is 13.2. The number of aliphatic carboxylic acids is 1. The molecule has 3 aromatic rings. The van der Waals surface area contributed by atoms with Crippen molar-refractivity contribution in [1.29, 1.82) is 0 Å². The van der Waals surface area contributed by atoms with Gasteiger partial charge in [-0.25, -0.2) is 0 Å². The third-order valence-electron chi connectivity index (χ3n) is 5.22. The van der Waals surface area contributed by atoms with Crippen molar-refractivity contribution in [2.45, 2.75) is 44.6 Å². The number of hydrogen-bond acceptors (Lipinski definition) is 3. The van der Waals surface area contributed by atoms with Gasteiger partial charge in [0.15, 0.2) is 0 Å². The van der Waals surface area contributed by atoms with Crippen LogP contribution in [0.3, 0.4) is 0 Å². The summed E-state index contributed by atoms with van der Waals surface area (Å²) in [6.07, 6.45) is 9.23. The number of aryl methyl sites for hydroxylation is 1. The third kappa shape index (κ3) is 4.11. The van der Waals surface area contributed by atoms with Gasteiger partial charge in [0.25, 0.3) is 0 Å². The molecule has 0 aliphatic heterocycles. The predicted octanol–water partition coefficient (Wildman–Crippen LogP) is 5.24. The fraction of sp³-hybridized carbons (Fsp3) is 0.304. The second-order valence-corrected chi connectivity index (χ2v) is 7.19. The summed E-state index contributed by atoms with van der Waals surface area (Å²) < 4.78 is 6.32. The topological polar surface area (TPSA) is 59.4 Å². The third-order valence-corrected chi connectivity index (χ3v) is 5.22. The van der Waals surface area contributed by atoms with Crippen LogP contribution in [-0.2, 0) is 11.2 Å². The number of hydrogen-bond donors (Lipinski definition) is 1. The standard InChI is InChI=1S/C23H23NO3/c25-23(26)10-6-16-5-9-22(27-20-3-1-2-4-20)21(13-16)18-7-8-19-15-24-12-11-17(19)14-18/h5,7-9,11-15,20H,1-4,6,10H2,(H,25,26). The van der Waals surface area contributed by atoms with E-state index >= 15 is 0 Å². The molecule has 4 nitrogen and oxygen atoms in total. The Morgan fingerprint density at radius 2 is 1.93 bits per heavy atom. The van der Waals surface area contributed by atoms with E-state index in [4.69, 9.17) is 9.84 Å². The molecule has 138 valence electrons. The maximum atomic E-state index is 10.9. The summed E-state index contributed by atoms with van der Waals surface area (Å²) in [6, 6.07) is 14.4. The molecule has 4 heteroatoms. The molecule has 1 N–H and O–H groups in total. The molecule has 0 saturated heterocycles. The monoisotopic (exact) mass is 361 g/mol. The molecule has 1 saturated carbocycles. The highest BCUT2D eigenvalue weighted by Crippen LogP contribution is 2.35. The molecule has 0 spiro atoms. The van der Waals surface area contributed by atoms with Crippen molar-refractivity contribution in [1.82, 2.24) is 4.98 Å². The van der Waals surface area contributed by atoms with Crippen LogP contribution in [0.15, 0.2) is 54.9 Å². The van der Waals surface area contributed by atoms with E-state index in [9.17, 15) is 4.79 Å². The lowest BCUT2D eigenvalue weighted by Crippen LogP contribution is -2.11. The van der Waals surface area contributed by atoms with Crippen LogP contribution in [0.5, 0.6) is 5.75 Å². The zero-order chi connectivity index (χ0) is 18.6. The SMILES string of the molecule is O=C(O)CCc1ccc(OC2CCCC2)c(-c2ccc3cnccc3c2)c1. The van der Waals surface area contributed by atoms with E-state index in [2.05, 4.69) is 29.2 Å². The number of carboxylic acid groups (broad SMARTS) is 1. The average molecular weight is 361 g/mol. The normalized spacial score (nSPS) is 14.5. The minimum atomic E-state index is -0.777. The second kappa shape index (κ2) is 7.78. The van der Waals surface area contributed by atoms with E-state index in [1.165, 1.54) is 12.8 Å². The molecule has 1 aromatic heterocycles. The number of nitrogens with zero attached hydrogens (tertiary/aromatic N) is 1. The molecule has 1 heterocycles. The van der Waals surface area contributed by atoms with Crippen molar-refractivity contribution in [3.8, 4) is 16.9 Å². The van der Waals surface area contributed by atoms with E-state index in [1.807, 2.05) is 24.4 Å². The lowest BCUT2D eigenvalue weighted by Gasteiger charge is -2.18. The number of ether oxygens (including phenoxy) is 1. The highest BCUT2D eigenvalue weighted by Gasteiger charge is 2.19. The number of rotatable bonds is 6. The molecule has 27 heavy (non-hydrogen) atoms. The first kappa shape index (κ1) is 17.5. The Labute approximate surface area is 158 Å². The molecule has 2 aromatic carbocycles. The predicted molar refractivity (Wildman–Crippen MR) is 106 cm³/mol. The molecule has 0 radical (unpaired) electrons. The molecule has 4 rings (SSSR count). The summed E-state index contributed by atoms with van der Waals surface area (Å²) in [6.45, 7) is 0. The summed E-state index contributed by atoms with van der Waals surface area (Å²) in [5, 5.41) is 11.2. The molecule has 0 unspecified atom stereocenters. The first-order valence-electron chi connectivity index (χ1n) is 9.54. The summed E-state index contributed by atoms with van der Waals surface area (Å²) >= 11 is 0. The van der Waals surface area contributed by atoms with Crippen molar-refractivity contribution in [2.24, 2.45) is 0 Å². The van der Waals surface area contributed by atoms with Crippen molar-refractivity contribution < 1.29 is 14.6 Å². The van der Waals surface area contributed by atoms with Gasteiger partial charge in [-0.3, -0.25) is 9.78 Å². The molecule has 1 fully saturated rings. The van der Waals surface area contributed by atoms with Crippen LogP contribution in [0.2, 0.25) is 0 Å². The smallest absolute Gasteiger partial charge is 0.303 e. The van der Waals surface area contributed by atoms with Gasteiger partial charge in [-0.15, -0.1) is 0 Å². The minimum absolute atomic E-state index is 0.131. The zero-order valence-corrected chi connectivity index (χ0v) is 15.2. The minimum Gasteiger partial charge on any atom is -0.490 e. The lowest BCUT2D eigenvalue weighted by atomic mass is 9.98. The van der Waals surface area contributed by atoms with Gasteiger partial charge in [0.2, 0.25) is 0 Å². The fourth-order valence-corrected chi connectivity index (χ4v) is 3.75. The van der Waals surface area contributed by atoms with Gasteiger partial charge in [0.05, 0.1) is 6.10 Å². The number of fused-ring (bicyclic) bond motifs is 1.